The molecule has 6 rings (SSSR count). The average molecular weight is 545 g/mol. The van der Waals surface area contributed by atoms with Gasteiger partial charge in [0.2, 0.25) is 0 Å². The van der Waals surface area contributed by atoms with Crippen LogP contribution >= 0.6 is 11.3 Å². The van der Waals surface area contributed by atoms with E-state index in [1.807, 2.05) is 23.7 Å². The van der Waals surface area contributed by atoms with E-state index in [1.54, 1.807) is 0 Å². The lowest BCUT2D eigenvalue weighted by molar-refractivity contribution is -0.143. The van der Waals surface area contributed by atoms with Crippen LogP contribution in [0.1, 0.15) is 70.5 Å². The number of carboxylic acids is 1. The number of nitrogens with zero attached hydrogens (tertiary/aromatic N) is 4. The van der Waals surface area contributed by atoms with E-state index in [-0.39, 0.29) is 6.04 Å². The Labute approximate surface area is 236 Å². The van der Waals surface area contributed by atoms with Crippen LogP contribution in [0.3, 0.4) is 0 Å². The van der Waals surface area contributed by atoms with E-state index in [0.29, 0.717) is 23.7 Å². The van der Waals surface area contributed by atoms with E-state index < -0.39 is 5.97 Å². The lowest BCUT2D eigenvalue weighted by atomic mass is 9.87. The predicted molar refractivity (Wildman–Crippen MR) is 155 cm³/mol. The van der Waals surface area contributed by atoms with Crippen LogP contribution in [0.15, 0.2) is 55.0 Å². The number of hydrogen-bond acceptors (Lipinski definition) is 6. The van der Waals surface area contributed by atoms with Gasteiger partial charge in [-0.3, -0.25) is 14.7 Å². The number of likely N-dealkylation sites (tertiary alicyclic amines) is 2. The summed E-state index contributed by atoms with van der Waals surface area (Å²) < 4.78 is 0. The average Bonchev–Trinajstić information content (AvgIpc) is 3.49. The molecule has 1 aliphatic carbocycles. The molecule has 3 atom stereocenters. The number of rotatable bonds is 10. The lowest BCUT2D eigenvalue weighted by Gasteiger charge is -2.34. The van der Waals surface area contributed by atoms with Crippen LogP contribution in [0.5, 0.6) is 0 Å². The molecule has 4 heterocycles. The van der Waals surface area contributed by atoms with Gasteiger partial charge in [-0.2, -0.15) is 0 Å². The molecule has 3 fully saturated rings. The Balaban J connectivity index is 1.09. The largest absolute Gasteiger partial charge is 0.480 e. The fraction of sp³-hybridized carbons (Fsp3) is 0.531. The summed E-state index contributed by atoms with van der Waals surface area (Å²) in [6, 6.07) is 12.7. The first-order chi connectivity index (χ1) is 19.0. The zero-order valence-electron chi connectivity index (χ0n) is 22.9. The van der Waals surface area contributed by atoms with Crippen molar-refractivity contribution >= 4 is 17.3 Å². The van der Waals surface area contributed by atoms with Gasteiger partial charge in [-0.15, -0.1) is 11.3 Å². The quantitative estimate of drug-likeness (QED) is 0.359. The third kappa shape index (κ3) is 6.59. The van der Waals surface area contributed by atoms with Crippen LogP contribution < -0.4 is 0 Å². The molecule has 0 radical (unpaired) electrons. The normalized spacial score (nSPS) is 23.7. The van der Waals surface area contributed by atoms with Gasteiger partial charge in [0, 0.05) is 55.4 Å². The van der Waals surface area contributed by atoms with Crippen LogP contribution in [0, 0.1) is 18.8 Å². The molecule has 2 aliphatic heterocycles. The number of aromatic nitrogens is 2. The number of thiazole rings is 1. The molecule has 2 saturated heterocycles. The number of carboxylic acid groups (broad SMARTS) is 1. The first kappa shape index (κ1) is 26.6. The highest BCUT2D eigenvalue weighted by atomic mass is 32.1. The van der Waals surface area contributed by atoms with Crippen molar-refractivity contribution in [2.75, 3.05) is 32.7 Å². The minimum atomic E-state index is -0.640. The topological polar surface area (TPSA) is 69.6 Å². The van der Waals surface area contributed by atoms with E-state index in [4.69, 9.17) is 4.98 Å². The summed E-state index contributed by atoms with van der Waals surface area (Å²) in [5.74, 6) is 1.41. The number of hydrogen-bond donors (Lipinski definition) is 1. The molecule has 3 aliphatic rings. The van der Waals surface area contributed by atoms with Crippen LogP contribution in [-0.4, -0.2) is 69.6 Å². The van der Waals surface area contributed by atoms with Crippen molar-refractivity contribution < 1.29 is 9.90 Å². The molecule has 7 heteroatoms. The molecule has 0 amide bonds. The van der Waals surface area contributed by atoms with E-state index in [9.17, 15) is 9.90 Å². The van der Waals surface area contributed by atoms with Gasteiger partial charge in [-0.05, 0) is 80.3 Å². The Hall–Kier alpha value is -2.61. The maximum absolute atomic E-state index is 12.3. The van der Waals surface area contributed by atoms with Crippen molar-refractivity contribution in [2.45, 2.75) is 63.3 Å². The van der Waals surface area contributed by atoms with Gasteiger partial charge in [0.25, 0.3) is 0 Å². The molecule has 1 N–H and O–H groups in total. The second kappa shape index (κ2) is 11.9. The number of pyridine rings is 1. The highest BCUT2D eigenvalue weighted by Crippen LogP contribution is 2.40. The van der Waals surface area contributed by atoms with Crippen molar-refractivity contribution in [3.05, 3.63) is 81.6 Å². The van der Waals surface area contributed by atoms with Gasteiger partial charge >= 0.3 is 5.97 Å². The molecule has 0 unspecified atom stereocenters. The van der Waals surface area contributed by atoms with Gasteiger partial charge < -0.3 is 10.0 Å². The van der Waals surface area contributed by atoms with E-state index >= 15 is 0 Å². The predicted octanol–water partition coefficient (Wildman–Crippen LogP) is 5.59. The van der Waals surface area contributed by atoms with Crippen LogP contribution in [0.4, 0.5) is 0 Å². The maximum atomic E-state index is 12.3. The summed E-state index contributed by atoms with van der Waals surface area (Å²) >= 11 is 1.87. The molecule has 2 aromatic heterocycles. The molecule has 0 bridgehead atoms. The fourth-order valence-corrected chi connectivity index (χ4v) is 7.82. The van der Waals surface area contributed by atoms with Crippen molar-refractivity contribution in [3.63, 3.8) is 0 Å². The van der Waals surface area contributed by atoms with Crippen molar-refractivity contribution in [2.24, 2.45) is 11.8 Å². The van der Waals surface area contributed by atoms with E-state index in [0.717, 1.165) is 45.6 Å². The zero-order chi connectivity index (χ0) is 26.8. The molecular weight excluding hydrogens is 504 g/mol. The Morgan fingerprint density at radius 3 is 2.62 bits per heavy atom. The van der Waals surface area contributed by atoms with Crippen molar-refractivity contribution in [1.82, 2.24) is 19.8 Å². The van der Waals surface area contributed by atoms with Crippen LogP contribution in [0.25, 0.3) is 0 Å². The Bertz CT molecular complexity index is 1250. The standard InChI is InChI=1S/C32H40N4O2S/c1-22-3-2-4-26(15-22)28-21-36(29(32(37)38)16-23-5-6-23)20-27(28)19-35-13-9-25(10-14-35)30-18-34-31(39-30)17-24-7-11-33-12-8-24/h2-4,7-8,11-12,15,18,23,25,27-29H,5-6,9-10,13-14,16-17,19-21H2,1H3,(H,37,38)/t27-,28+,29+/m0/s1. The molecule has 206 valence electrons. The molecule has 1 saturated carbocycles. The van der Waals surface area contributed by atoms with Crippen LogP contribution in [0.2, 0.25) is 0 Å². The number of aryl methyl sites for hydroxylation is 1. The molecule has 3 aromatic rings. The van der Waals surface area contributed by atoms with Gasteiger partial charge in [0.1, 0.15) is 6.04 Å². The Kier molecular flexibility index (Phi) is 8.09. The third-order valence-electron chi connectivity index (χ3n) is 9.08. The fourth-order valence-electron chi connectivity index (χ4n) is 6.70. The van der Waals surface area contributed by atoms with Crippen molar-refractivity contribution in [3.8, 4) is 0 Å². The minimum absolute atomic E-state index is 0.340. The number of aliphatic carboxylic acids is 1. The first-order valence-corrected chi connectivity index (χ1v) is 15.4. The maximum Gasteiger partial charge on any atom is 0.320 e. The lowest BCUT2D eigenvalue weighted by Crippen LogP contribution is -2.41. The second-order valence-corrected chi connectivity index (χ2v) is 13.2. The Morgan fingerprint density at radius 2 is 1.90 bits per heavy atom. The van der Waals surface area contributed by atoms with Gasteiger partial charge in [0.05, 0.1) is 5.01 Å². The number of piperidine rings is 1. The summed E-state index contributed by atoms with van der Waals surface area (Å²) in [6.07, 6.45) is 12.2. The minimum Gasteiger partial charge on any atom is -0.480 e. The smallest absolute Gasteiger partial charge is 0.320 e. The third-order valence-corrected chi connectivity index (χ3v) is 10.2. The summed E-state index contributed by atoms with van der Waals surface area (Å²) in [6.45, 7) is 7.15. The van der Waals surface area contributed by atoms with Gasteiger partial charge in [-0.25, -0.2) is 4.98 Å². The summed E-state index contributed by atoms with van der Waals surface area (Å²) in [4.78, 5) is 27.5. The van der Waals surface area contributed by atoms with Gasteiger partial charge in [0.15, 0.2) is 0 Å². The molecular formula is C32H40N4O2S. The van der Waals surface area contributed by atoms with E-state index in [2.05, 4.69) is 64.3 Å². The Morgan fingerprint density at radius 1 is 1.10 bits per heavy atom. The first-order valence-electron chi connectivity index (χ1n) is 14.6. The van der Waals surface area contributed by atoms with Crippen LogP contribution in [-0.2, 0) is 11.2 Å². The number of benzene rings is 1. The number of carbonyl (C=O) groups is 1. The second-order valence-electron chi connectivity index (χ2n) is 12.0. The molecule has 6 nitrogen and oxygen atoms in total. The monoisotopic (exact) mass is 544 g/mol. The van der Waals surface area contributed by atoms with E-state index in [1.165, 1.54) is 52.3 Å². The zero-order valence-corrected chi connectivity index (χ0v) is 23.7. The summed E-state index contributed by atoms with van der Waals surface area (Å²) in [5.41, 5.74) is 3.92. The SMILES string of the molecule is Cc1cccc([C@H]2CN([C@H](CC3CC3)C(=O)O)C[C@@H]2CN2CCC(c3cnc(Cc4ccncc4)s3)CC2)c1. The molecule has 1 aromatic carbocycles. The highest BCUT2D eigenvalue weighted by molar-refractivity contribution is 7.11. The molecule has 0 spiro atoms. The highest BCUT2D eigenvalue weighted by Gasteiger charge is 2.42. The van der Waals surface area contributed by atoms with Crippen molar-refractivity contribution in [1.29, 1.82) is 0 Å². The van der Waals surface area contributed by atoms with Gasteiger partial charge in [-0.1, -0.05) is 42.7 Å². The summed E-state index contributed by atoms with van der Waals surface area (Å²) in [5, 5.41) is 11.3. The summed E-state index contributed by atoms with van der Waals surface area (Å²) in [7, 11) is 0. The molecule has 39 heavy (non-hydrogen) atoms.